The number of aryl methyl sites for hydroxylation is 4. The van der Waals surface area contributed by atoms with Gasteiger partial charge in [0, 0.05) is 31.4 Å². The van der Waals surface area contributed by atoms with Crippen LogP contribution in [0.15, 0.2) is 42.6 Å². The maximum absolute atomic E-state index is 6.11. The molecule has 0 aliphatic heterocycles. The van der Waals surface area contributed by atoms with Crippen LogP contribution in [-0.4, -0.2) is 16.8 Å². The molecule has 0 fully saturated rings. The normalized spacial score (nSPS) is 10.8. The summed E-state index contributed by atoms with van der Waals surface area (Å²) < 4.78 is 7.95. The number of ether oxygens (including phenoxy) is 1. The van der Waals surface area contributed by atoms with E-state index in [1.54, 1.807) is 5.01 Å². The summed E-state index contributed by atoms with van der Waals surface area (Å²) in [5.74, 6) is 6.82. The fourth-order valence-electron chi connectivity index (χ4n) is 3.21. The van der Waals surface area contributed by atoms with Crippen LogP contribution in [0.1, 0.15) is 22.3 Å². The van der Waals surface area contributed by atoms with E-state index in [1.807, 2.05) is 43.2 Å². The molecule has 1 aromatic heterocycles. The van der Waals surface area contributed by atoms with Crippen molar-refractivity contribution >= 4 is 5.69 Å². The van der Waals surface area contributed by atoms with E-state index >= 15 is 0 Å². The second kappa shape index (κ2) is 7.22. The number of hydrogen-bond acceptors (Lipinski definition) is 4. The molecule has 0 unspecified atom stereocenters. The third-order valence-electron chi connectivity index (χ3n) is 4.60. The first kappa shape index (κ1) is 18.0. The van der Waals surface area contributed by atoms with Gasteiger partial charge in [0.1, 0.15) is 12.4 Å². The Morgan fingerprint density at radius 2 is 1.85 bits per heavy atom. The molecule has 2 aromatic carbocycles. The van der Waals surface area contributed by atoms with Gasteiger partial charge in [-0.15, -0.1) is 0 Å². The van der Waals surface area contributed by atoms with E-state index in [0.29, 0.717) is 6.61 Å². The fourth-order valence-corrected chi connectivity index (χ4v) is 3.21. The molecule has 0 saturated heterocycles. The SMILES string of the molecule is Cc1cc(-c2nn(C)cc2C)ccc1OCc1c(C)cccc1N(C)N. The van der Waals surface area contributed by atoms with Gasteiger partial charge >= 0.3 is 0 Å². The van der Waals surface area contributed by atoms with Crippen LogP contribution in [0.25, 0.3) is 11.3 Å². The Hall–Kier alpha value is -2.79. The summed E-state index contributed by atoms with van der Waals surface area (Å²) >= 11 is 0. The van der Waals surface area contributed by atoms with Crippen LogP contribution in [0.4, 0.5) is 5.69 Å². The van der Waals surface area contributed by atoms with Gasteiger partial charge in [-0.05, 0) is 61.7 Å². The van der Waals surface area contributed by atoms with Crippen molar-refractivity contribution in [2.24, 2.45) is 12.9 Å². The van der Waals surface area contributed by atoms with Gasteiger partial charge in [0.2, 0.25) is 0 Å². The second-order valence-electron chi connectivity index (χ2n) is 6.79. The second-order valence-corrected chi connectivity index (χ2v) is 6.79. The van der Waals surface area contributed by atoms with Gasteiger partial charge < -0.3 is 9.75 Å². The molecule has 26 heavy (non-hydrogen) atoms. The van der Waals surface area contributed by atoms with E-state index in [0.717, 1.165) is 44.9 Å². The van der Waals surface area contributed by atoms with Crippen molar-refractivity contribution < 1.29 is 4.74 Å². The number of hydrogen-bond donors (Lipinski definition) is 1. The summed E-state index contributed by atoms with van der Waals surface area (Å²) in [5, 5.41) is 6.17. The van der Waals surface area contributed by atoms with Crippen molar-refractivity contribution in [3.05, 3.63) is 64.8 Å². The minimum atomic E-state index is 0.479. The Morgan fingerprint density at radius 3 is 2.46 bits per heavy atom. The first-order chi connectivity index (χ1) is 12.4. The minimum absolute atomic E-state index is 0.479. The molecular weight excluding hydrogens is 324 g/mol. The molecule has 0 aliphatic carbocycles. The summed E-state index contributed by atoms with van der Waals surface area (Å²) in [4.78, 5) is 0. The largest absolute Gasteiger partial charge is 0.489 e. The molecule has 0 aliphatic rings. The van der Waals surface area contributed by atoms with Crippen LogP contribution in [0.5, 0.6) is 5.75 Å². The number of nitrogens with zero attached hydrogens (tertiary/aromatic N) is 3. The van der Waals surface area contributed by atoms with E-state index in [9.17, 15) is 0 Å². The molecule has 0 amide bonds. The summed E-state index contributed by atoms with van der Waals surface area (Å²) in [6, 6.07) is 12.3. The molecule has 0 saturated carbocycles. The Morgan fingerprint density at radius 1 is 1.08 bits per heavy atom. The van der Waals surface area contributed by atoms with E-state index < -0.39 is 0 Å². The first-order valence-electron chi connectivity index (χ1n) is 8.68. The minimum Gasteiger partial charge on any atom is -0.489 e. The molecule has 3 aromatic rings. The number of aromatic nitrogens is 2. The molecule has 0 radical (unpaired) electrons. The predicted octanol–water partition coefficient (Wildman–Crippen LogP) is 3.90. The summed E-state index contributed by atoms with van der Waals surface area (Å²) in [6.45, 7) is 6.69. The van der Waals surface area contributed by atoms with Crippen LogP contribution in [0, 0.1) is 20.8 Å². The molecule has 0 bridgehead atoms. The standard InChI is InChI=1S/C21H26N4O/c1-14-7-6-8-19(25(5)22)18(14)13-26-20-10-9-17(11-15(20)2)21-16(3)12-24(4)23-21/h6-12H,13,22H2,1-5H3. The Bertz CT molecular complexity index is 928. The van der Waals surface area contributed by atoms with Crippen molar-refractivity contribution in [2.75, 3.05) is 12.1 Å². The van der Waals surface area contributed by atoms with Crippen LogP contribution in [0.2, 0.25) is 0 Å². The van der Waals surface area contributed by atoms with Crippen LogP contribution in [0.3, 0.4) is 0 Å². The average molecular weight is 350 g/mol. The number of hydrazine groups is 1. The summed E-state index contributed by atoms with van der Waals surface area (Å²) in [7, 11) is 3.78. The molecule has 5 heteroatoms. The maximum atomic E-state index is 6.11. The number of anilines is 1. The van der Waals surface area contributed by atoms with Crippen molar-refractivity contribution in [1.29, 1.82) is 0 Å². The molecule has 1 heterocycles. The number of benzene rings is 2. The van der Waals surface area contributed by atoms with Crippen LogP contribution in [-0.2, 0) is 13.7 Å². The van der Waals surface area contributed by atoms with E-state index in [2.05, 4.69) is 44.1 Å². The fraction of sp³-hybridized carbons (Fsp3) is 0.286. The lowest BCUT2D eigenvalue weighted by atomic mass is 10.1. The van der Waals surface area contributed by atoms with Gasteiger partial charge in [-0.1, -0.05) is 12.1 Å². The van der Waals surface area contributed by atoms with Crippen molar-refractivity contribution in [3.8, 4) is 17.0 Å². The zero-order valence-electron chi connectivity index (χ0n) is 16.1. The van der Waals surface area contributed by atoms with Crippen molar-refractivity contribution in [1.82, 2.24) is 9.78 Å². The highest BCUT2D eigenvalue weighted by atomic mass is 16.5. The predicted molar refractivity (Wildman–Crippen MR) is 106 cm³/mol. The third-order valence-corrected chi connectivity index (χ3v) is 4.60. The summed E-state index contributed by atoms with van der Waals surface area (Å²) in [6.07, 6.45) is 2.03. The highest BCUT2D eigenvalue weighted by molar-refractivity contribution is 5.65. The molecule has 136 valence electrons. The monoisotopic (exact) mass is 350 g/mol. The highest BCUT2D eigenvalue weighted by Gasteiger charge is 2.12. The van der Waals surface area contributed by atoms with Gasteiger partial charge in [-0.25, -0.2) is 5.84 Å². The lowest BCUT2D eigenvalue weighted by molar-refractivity contribution is 0.303. The van der Waals surface area contributed by atoms with Gasteiger partial charge in [-0.3, -0.25) is 4.68 Å². The topological polar surface area (TPSA) is 56.3 Å². The van der Waals surface area contributed by atoms with E-state index in [1.165, 1.54) is 0 Å². The molecule has 5 nitrogen and oxygen atoms in total. The lowest BCUT2D eigenvalue weighted by Gasteiger charge is -2.19. The van der Waals surface area contributed by atoms with Gasteiger partial charge in [-0.2, -0.15) is 5.10 Å². The zero-order valence-corrected chi connectivity index (χ0v) is 16.1. The Balaban J connectivity index is 1.83. The average Bonchev–Trinajstić information content (AvgIpc) is 2.92. The first-order valence-corrected chi connectivity index (χ1v) is 8.68. The van der Waals surface area contributed by atoms with Crippen molar-refractivity contribution in [2.45, 2.75) is 27.4 Å². The molecule has 3 rings (SSSR count). The Kier molecular flexibility index (Phi) is 5.00. The van der Waals surface area contributed by atoms with Gasteiger partial charge in [0.25, 0.3) is 0 Å². The molecular formula is C21H26N4O. The molecule has 0 spiro atoms. The van der Waals surface area contributed by atoms with Gasteiger partial charge in [0.15, 0.2) is 0 Å². The zero-order chi connectivity index (χ0) is 18.8. The van der Waals surface area contributed by atoms with E-state index in [-0.39, 0.29) is 0 Å². The molecule has 0 atom stereocenters. The van der Waals surface area contributed by atoms with E-state index in [4.69, 9.17) is 10.6 Å². The smallest absolute Gasteiger partial charge is 0.122 e. The van der Waals surface area contributed by atoms with Crippen LogP contribution >= 0.6 is 0 Å². The number of nitrogens with two attached hydrogens (primary N) is 1. The molecule has 2 N–H and O–H groups in total. The maximum Gasteiger partial charge on any atom is 0.122 e. The van der Waals surface area contributed by atoms with Crippen molar-refractivity contribution in [3.63, 3.8) is 0 Å². The highest BCUT2D eigenvalue weighted by Crippen LogP contribution is 2.29. The quantitative estimate of drug-likeness (QED) is 0.560. The summed E-state index contributed by atoms with van der Waals surface area (Å²) in [5.41, 5.74) is 7.60. The Labute approximate surface area is 155 Å². The van der Waals surface area contributed by atoms with Crippen LogP contribution < -0.4 is 15.6 Å². The lowest BCUT2D eigenvalue weighted by Crippen LogP contribution is -2.26. The van der Waals surface area contributed by atoms with Gasteiger partial charge in [0.05, 0.1) is 11.4 Å². The number of rotatable bonds is 5. The third kappa shape index (κ3) is 3.58.